The molecular weight excluding hydrogens is 280 g/mol. The van der Waals surface area contributed by atoms with Crippen molar-refractivity contribution >= 4 is 29.0 Å². The number of para-hydroxylation sites is 1. The third-order valence-electron chi connectivity index (χ3n) is 3.34. The lowest BCUT2D eigenvalue weighted by atomic mass is 10.1. The molecule has 1 aromatic carbocycles. The quantitative estimate of drug-likeness (QED) is 0.919. The minimum Gasteiger partial charge on any atom is -0.319 e. The van der Waals surface area contributed by atoms with Gasteiger partial charge in [-0.2, -0.15) is 0 Å². The molecule has 0 aliphatic carbocycles. The Balaban J connectivity index is 2.20. The van der Waals surface area contributed by atoms with Gasteiger partial charge in [-0.15, -0.1) is 0 Å². The smallest absolute Gasteiger partial charge is 0.257 e. The van der Waals surface area contributed by atoms with Crippen LogP contribution in [0.4, 0.5) is 17.2 Å². The van der Waals surface area contributed by atoms with Crippen LogP contribution in [0.25, 0.3) is 0 Å². The molecule has 0 fully saturated rings. The number of hydrogen-bond acceptors (Lipinski definition) is 4. The summed E-state index contributed by atoms with van der Waals surface area (Å²) in [5.74, 6) is 0.0477. The molecule has 0 bridgehead atoms. The minimum absolute atomic E-state index is 0.145. The maximum absolute atomic E-state index is 12.7. The van der Waals surface area contributed by atoms with Crippen molar-refractivity contribution in [2.45, 2.75) is 0 Å². The number of amides is 2. The Bertz CT molecular complexity index is 742. The standard InChI is InChI=1S/C16H16N4O2/c1-19(2)10-14(21)20-13-8-4-3-6-11(13)16(22)18-12-7-5-9-17-15(12)20/h3-9H,10H2,1-2H3,(H,18,22). The van der Waals surface area contributed by atoms with Gasteiger partial charge in [0.2, 0.25) is 5.91 Å². The van der Waals surface area contributed by atoms with Crippen LogP contribution >= 0.6 is 0 Å². The summed E-state index contributed by atoms with van der Waals surface area (Å²) in [6.07, 6.45) is 1.61. The largest absolute Gasteiger partial charge is 0.319 e. The number of carbonyl (C=O) groups excluding carboxylic acids is 2. The number of rotatable bonds is 2. The summed E-state index contributed by atoms with van der Waals surface area (Å²) in [5.41, 5.74) is 1.52. The van der Waals surface area contributed by atoms with Crippen LogP contribution in [-0.2, 0) is 4.79 Å². The first kappa shape index (κ1) is 14.2. The molecule has 1 aliphatic heterocycles. The van der Waals surface area contributed by atoms with Gasteiger partial charge in [0.1, 0.15) is 0 Å². The molecule has 2 heterocycles. The Labute approximate surface area is 128 Å². The van der Waals surface area contributed by atoms with Gasteiger partial charge in [0.15, 0.2) is 5.82 Å². The molecule has 22 heavy (non-hydrogen) atoms. The molecule has 6 nitrogen and oxygen atoms in total. The molecular formula is C16H16N4O2. The summed E-state index contributed by atoms with van der Waals surface area (Å²) < 4.78 is 0. The van der Waals surface area contributed by atoms with Gasteiger partial charge in [-0.3, -0.25) is 14.5 Å². The van der Waals surface area contributed by atoms with E-state index in [-0.39, 0.29) is 18.4 Å². The monoisotopic (exact) mass is 296 g/mol. The first-order chi connectivity index (χ1) is 10.6. The maximum atomic E-state index is 12.7. The van der Waals surface area contributed by atoms with Crippen molar-refractivity contribution < 1.29 is 9.59 Å². The molecule has 1 aliphatic rings. The van der Waals surface area contributed by atoms with E-state index in [1.165, 1.54) is 4.90 Å². The fraction of sp³-hybridized carbons (Fsp3) is 0.188. The molecule has 1 N–H and O–H groups in total. The van der Waals surface area contributed by atoms with Gasteiger partial charge >= 0.3 is 0 Å². The SMILES string of the molecule is CN(C)CC(=O)N1c2ccccc2C(=O)Nc2cccnc21. The second-order valence-electron chi connectivity index (χ2n) is 5.31. The van der Waals surface area contributed by atoms with E-state index in [2.05, 4.69) is 10.3 Å². The van der Waals surface area contributed by atoms with Crippen LogP contribution in [0, 0.1) is 0 Å². The Morgan fingerprint density at radius 2 is 2.00 bits per heavy atom. The van der Waals surface area contributed by atoms with E-state index in [9.17, 15) is 9.59 Å². The van der Waals surface area contributed by atoms with E-state index >= 15 is 0 Å². The number of fused-ring (bicyclic) bond motifs is 2. The summed E-state index contributed by atoms with van der Waals surface area (Å²) in [6.45, 7) is 0.221. The highest BCUT2D eigenvalue weighted by Gasteiger charge is 2.29. The number of hydrogen-bond donors (Lipinski definition) is 1. The Morgan fingerprint density at radius 1 is 1.23 bits per heavy atom. The zero-order valence-electron chi connectivity index (χ0n) is 12.4. The van der Waals surface area contributed by atoms with E-state index in [0.29, 0.717) is 22.8 Å². The highest BCUT2D eigenvalue weighted by atomic mass is 16.2. The van der Waals surface area contributed by atoms with Crippen molar-refractivity contribution in [2.75, 3.05) is 30.9 Å². The number of aromatic nitrogens is 1. The summed E-state index contributed by atoms with van der Waals surface area (Å²) in [6, 6.07) is 10.5. The zero-order valence-corrected chi connectivity index (χ0v) is 12.4. The topological polar surface area (TPSA) is 65.5 Å². The van der Waals surface area contributed by atoms with Gasteiger partial charge in [0, 0.05) is 6.20 Å². The van der Waals surface area contributed by atoms with E-state index < -0.39 is 0 Å². The average Bonchev–Trinajstić information content (AvgIpc) is 2.61. The molecule has 0 radical (unpaired) electrons. The first-order valence-electron chi connectivity index (χ1n) is 6.91. The summed E-state index contributed by atoms with van der Waals surface area (Å²) >= 11 is 0. The van der Waals surface area contributed by atoms with Crippen molar-refractivity contribution in [2.24, 2.45) is 0 Å². The molecule has 0 saturated heterocycles. The molecule has 3 rings (SSSR count). The number of anilines is 3. The van der Waals surface area contributed by atoms with Crippen molar-refractivity contribution in [3.05, 3.63) is 48.2 Å². The molecule has 0 saturated carbocycles. The molecule has 2 amide bonds. The van der Waals surface area contributed by atoms with Crippen molar-refractivity contribution in [3.8, 4) is 0 Å². The lowest BCUT2D eigenvalue weighted by Gasteiger charge is -2.24. The predicted octanol–water partition coefficient (Wildman–Crippen LogP) is 1.87. The van der Waals surface area contributed by atoms with Crippen LogP contribution in [0.5, 0.6) is 0 Å². The number of pyridine rings is 1. The summed E-state index contributed by atoms with van der Waals surface area (Å²) in [4.78, 5) is 32.7. The van der Waals surface area contributed by atoms with Crippen LogP contribution in [0.2, 0.25) is 0 Å². The van der Waals surface area contributed by atoms with Crippen molar-refractivity contribution in [3.63, 3.8) is 0 Å². The van der Waals surface area contributed by atoms with Crippen molar-refractivity contribution in [1.82, 2.24) is 9.88 Å². The number of carbonyl (C=O) groups is 2. The molecule has 1 aromatic heterocycles. The number of likely N-dealkylation sites (N-methyl/N-ethyl adjacent to an activating group) is 1. The predicted molar refractivity (Wildman–Crippen MR) is 84.3 cm³/mol. The van der Waals surface area contributed by atoms with Crippen LogP contribution in [0.3, 0.4) is 0 Å². The van der Waals surface area contributed by atoms with E-state index in [1.54, 1.807) is 47.5 Å². The summed E-state index contributed by atoms with van der Waals surface area (Å²) in [7, 11) is 3.65. The Hall–Kier alpha value is -2.73. The lowest BCUT2D eigenvalue weighted by Crippen LogP contribution is -2.35. The van der Waals surface area contributed by atoms with Gasteiger partial charge in [0.25, 0.3) is 5.91 Å². The number of nitrogens with one attached hydrogen (secondary N) is 1. The van der Waals surface area contributed by atoms with Crippen LogP contribution in [-0.4, -0.2) is 42.3 Å². The summed E-state index contributed by atoms with van der Waals surface area (Å²) in [5, 5.41) is 2.81. The molecule has 6 heteroatoms. The van der Waals surface area contributed by atoms with Crippen LogP contribution in [0.15, 0.2) is 42.6 Å². The lowest BCUT2D eigenvalue weighted by molar-refractivity contribution is -0.118. The van der Waals surface area contributed by atoms with Gasteiger partial charge in [-0.05, 0) is 38.4 Å². The normalized spacial score (nSPS) is 13.2. The highest BCUT2D eigenvalue weighted by Crippen LogP contribution is 2.36. The highest BCUT2D eigenvalue weighted by molar-refractivity contribution is 6.17. The third kappa shape index (κ3) is 2.44. The Kier molecular flexibility index (Phi) is 3.60. The second kappa shape index (κ2) is 5.57. The molecule has 2 aromatic rings. The van der Waals surface area contributed by atoms with Crippen LogP contribution < -0.4 is 10.2 Å². The zero-order chi connectivity index (χ0) is 15.7. The van der Waals surface area contributed by atoms with Crippen LogP contribution in [0.1, 0.15) is 10.4 Å². The minimum atomic E-state index is -0.245. The first-order valence-corrected chi connectivity index (χ1v) is 6.91. The fourth-order valence-electron chi connectivity index (χ4n) is 2.43. The van der Waals surface area contributed by atoms with Crippen molar-refractivity contribution in [1.29, 1.82) is 0 Å². The van der Waals surface area contributed by atoms with Gasteiger partial charge < -0.3 is 10.2 Å². The average molecular weight is 296 g/mol. The third-order valence-corrected chi connectivity index (χ3v) is 3.34. The number of benzene rings is 1. The van der Waals surface area contributed by atoms with Gasteiger partial charge in [-0.1, -0.05) is 12.1 Å². The van der Waals surface area contributed by atoms with E-state index in [0.717, 1.165) is 0 Å². The van der Waals surface area contributed by atoms with E-state index in [4.69, 9.17) is 0 Å². The molecule has 112 valence electrons. The molecule has 0 spiro atoms. The fourth-order valence-corrected chi connectivity index (χ4v) is 2.43. The maximum Gasteiger partial charge on any atom is 0.257 e. The molecule has 0 unspecified atom stereocenters. The van der Waals surface area contributed by atoms with Gasteiger partial charge in [0.05, 0.1) is 23.5 Å². The molecule has 0 atom stereocenters. The van der Waals surface area contributed by atoms with E-state index in [1.807, 2.05) is 14.1 Å². The number of nitrogens with zero attached hydrogens (tertiary/aromatic N) is 3. The van der Waals surface area contributed by atoms with Gasteiger partial charge in [-0.25, -0.2) is 4.98 Å². The Morgan fingerprint density at radius 3 is 2.77 bits per heavy atom. The second-order valence-corrected chi connectivity index (χ2v) is 5.31.